The Balaban J connectivity index is 1.57. The van der Waals surface area contributed by atoms with Gasteiger partial charge in [-0.25, -0.2) is 9.48 Å². The van der Waals surface area contributed by atoms with E-state index in [1.54, 1.807) is 16.7 Å². The summed E-state index contributed by atoms with van der Waals surface area (Å²) in [5, 5.41) is 8.65. The van der Waals surface area contributed by atoms with Crippen LogP contribution in [0.15, 0.2) is 56.5 Å². The van der Waals surface area contributed by atoms with Gasteiger partial charge in [-0.05, 0) is 43.2 Å². The largest absolute Gasteiger partial charge is 0.419 e. The molecule has 4 aromatic rings. The predicted octanol–water partition coefficient (Wildman–Crippen LogP) is 2.10. The fraction of sp³-hybridized carbons (Fsp3) is 0.222. The summed E-state index contributed by atoms with van der Waals surface area (Å²) < 4.78 is 8.11. The van der Waals surface area contributed by atoms with Gasteiger partial charge in [0.05, 0.1) is 10.9 Å². The molecule has 2 aromatic carbocycles. The molecule has 0 amide bonds. The van der Waals surface area contributed by atoms with E-state index >= 15 is 0 Å². The summed E-state index contributed by atoms with van der Waals surface area (Å²) in [7, 11) is 0. The van der Waals surface area contributed by atoms with Gasteiger partial charge in [-0.3, -0.25) is 9.36 Å². The van der Waals surface area contributed by atoms with Gasteiger partial charge in [-0.2, -0.15) is 0 Å². The first-order valence-electron chi connectivity index (χ1n) is 8.06. The zero-order valence-corrected chi connectivity index (χ0v) is 13.7. The molecule has 0 unspecified atom stereocenters. The monoisotopic (exact) mass is 336 g/mol. The maximum atomic E-state index is 12.5. The smallest absolute Gasteiger partial charge is 0.408 e. The van der Waals surface area contributed by atoms with Crippen LogP contribution in [0.3, 0.4) is 0 Å². The molecular weight excluding hydrogens is 320 g/mol. The molecule has 2 aromatic heterocycles. The summed E-state index contributed by atoms with van der Waals surface area (Å²) in [6, 6.07) is 12.8. The maximum Gasteiger partial charge on any atom is 0.419 e. The third kappa shape index (κ3) is 2.73. The topological polar surface area (TPSA) is 82.9 Å². The Morgan fingerprint density at radius 2 is 1.92 bits per heavy atom. The number of oxazole rings is 1. The number of para-hydroxylation sites is 2. The highest BCUT2D eigenvalue weighted by atomic mass is 16.4. The second-order valence-corrected chi connectivity index (χ2v) is 5.98. The highest BCUT2D eigenvalue weighted by Gasteiger charge is 2.09. The number of nitrogens with zero attached hydrogens (tertiary/aromatic N) is 4. The molecule has 0 atom stereocenters. The predicted molar refractivity (Wildman–Crippen MR) is 93.6 cm³/mol. The molecule has 7 nitrogen and oxygen atoms in total. The van der Waals surface area contributed by atoms with E-state index in [4.69, 9.17) is 4.42 Å². The molecule has 0 aliphatic heterocycles. The quantitative estimate of drug-likeness (QED) is 0.570. The van der Waals surface area contributed by atoms with E-state index in [0.29, 0.717) is 36.0 Å². The number of hydrogen-bond donors (Lipinski definition) is 0. The van der Waals surface area contributed by atoms with E-state index in [0.717, 1.165) is 11.1 Å². The number of rotatable bonds is 4. The lowest BCUT2D eigenvalue weighted by molar-refractivity contribution is 0.460. The summed E-state index contributed by atoms with van der Waals surface area (Å²) in [5.74, 6) is -0.395. The van der Waals surface area contributed by atoms with Crippen molar-refractivity contribution < 1.29 is 4.42 Å². The SMILES string of the molecule is Cc1ccc2c(=O)n(CCCn3c(=O)oc4ccccc43)nnc2c1. The zero-order chi connectivity index (χ0) is 17.4. The first-order chi connectivity index (χ1) is 12.1. The van der Waals surface area contributed by atoms with Crippen LogP contribution in [0.5, 0.6) is 0 Å². The number of aromatic nitrogens is 4. The van der Waals surface area contributed by atoms with Gasteiger partial charge < -0.3 is 4.42 Å². The van der Waals surface area contributed by atoms with Gasteiger partial charge in [0, 0.05) is 13.1 Å². The molecule has 7 heteroatoms. The van der Waals surface area contributed by atoms with Crippen LogP contribution in [0.2, 0.25) is 0 Å². The third-order valence-corrected chi connectivity index (χ3v) is 4.20. The van der Waals surface area contributed by atoms with Crippen molar-refractivity contribution >= 4 is 22.0 Å². The van der Waals surface area contributed by atoms with Crippen LogP contribution in [0.25, 0.3) is 22.0 Å². The van der Waals surface area contributed by atoms with E-state index in [2.05, 4.69) is 10.3 Å². The minimum atomic E-state index is -0.395. The number of hydrogen-bond acceptors (Lipinski definition) is 5. The summed E-state index contributed by atoms with van der Waals surface area (Å²) in [6.07, 6.45) is 0.565. The van der Waals surface area contributed by atoms with Gasteiger partial charge in [0.2, 0.25) is 0 Å². The summed E-state index contributed by atoms with van der Waals surface area (Å²) in [6.45, 7) is 2.76. The van der Waals surface area contributed by atoms with Gasteiger partial charge in [0.25, 0.3) is 5.56 Å². The molecule has 0 bridgehead atoms. The van der Waals surface area contributed by atoms with Crippen molar-refractivity contribution in [1.29, 1.82) is 0 Å². The highest BCUT2D eigenvalue weighted by molar-refractivity contribution is 5.77. The van der Waals surface area contributed by atoms with Crippen LogP contribution in [-0.4, -0.2) is 19.6 Å². The molecule has 4 rings (SSSR count). The van der Waals surface area contributed by atoms with Gasteiger partial charge in [0.1, 0.15) is 5.52 Å². The Kier molecular flexibility index (Phi) is 3.68. The van der Waals surface area contributed by atoms with E-state index in [9.17, 15) is 9.59 Å². The number of fused-ring (bicyclic) bond motifs is 2. The average molecular weight is 336 g/mol. The lowest BCUT2D eigenvalue weighted by atomic mass is 10.2. The zero-order valence-electron chi connectivity index (χ0n) is 13.7. The Morgan fingerprint density at radius 3 is 2.80 bits per heavy atom. The lowest BCUT2D eigenvalue weighted by Crippen LogP contribution is -2.25. The van der Waals surface area contributed by atoms with Gasteiger partial charge in [0.15, 0.2) is 5.58 Å². The summed E-state index contributed by atoms with van der Waals surface area (Å²) in [5.41, 5.74) is 2.77. The second-order valence-electron chi connectivity index (χ2n) is 5.98. The first kappa shape index (κ1) is 15.3. The fourth-order valence-electron chi connectivity index (χ4n) is 2.94. The van der Waals surface area contributed by atoms with E-state index in [1.807, 2.05) is 37.3 Å². The second kappa shape index (κ2) is 6.01. The van der Waals surface area contributed by atoms with Crippen LogP contribution in [0.1, 0.15) is 12.0 Å². The third-order valence-electron chi connectivity index (χ3n) is 4.20. The Morgan fingerprint density at radius 1 is 1.08 bits per heavy atom. The normalized spacial score (nSPS) is 11.4. The maximum absolute atomic E-state index is 12.5. The molecule has 126 valence electrons. The van der Waals surface area contributed by atoms with Crippen molar-refractivity contribution in [1.82, 2.24) is 19.6 Å². The van der Waals surface area contributed by atoms with Crippen LogP contribution in [0, 0.1) is 6.92 Å². The minimum Gasteiger partial charge on any atom is -0.408 e. The molecule has 0 spiro atoms. The van der Waals surface area contributed by atoms with Crippen LogP contribution < -0.4 is 11.3 Å². The Labute approximate surface area is 142 Å². The van der Waals surface area contributed by atoms with Crippen molar-refractivity contribution in [2.75, 3.05) is 0 Å². The van der Waals surface area contributed by atoms with Crippen molar-refractivity contribution in [3.8, 4) is 0 Å². The van der Waals surface area contributed by atoms with Gasteiger partial charge in [-0.1, -0.05) is 23.4 Å². The molecule has 0 saturated carbocycles. The molecule has 0 saturated heterocycles. The molecule has 25 heavy (non-hydrogen) atoms. The van der Waals surface area contributed by atoms with Crippen molar-refractivity contribution in [3.63, 3.8) is 0 Å². The number of benzene rings is 2. The van der Waals surface area contributed by atoms with E-state index in [-0.39, 0.29) is 5.56 Å². The summed E-state index contributed by atoms with van der Waals surface area (Å²) >= 11 is 0. The molecule has 2 heterocycles. The van der Waals surface area contributed by atoms with Crippen LogP contribution >= 0.6 is 0 Å². The van der Waals surface area contributed by atoms with Crippen LogP contribution in [-0.2, 0) is 13.1 Å². The van der Waals surface area contributed by atoms with Crippen molar-refractivity contribution in [2.24, 2.45) is 0 Å². The van der Waals surface area contributed by atoms with Crippen molar-refractivity contribution in [3.05, 3.63) is 68.9 Å². The molecule has 0 fully saturated rings. The molecule has 0 N–H and O–H groups in total. The number of aryl methyl sites for hydroxylation is 3. The van der Waals surface area contributed by atoms with Gasteiger partial charge >= 0.3 is 5.76 Å². The minimum absolute atomic E-state index is 0.172. The van der Waals surface area contributed by atoms with Crippen molar-refractivity contribution in [2.45, 2.75) is 26.4 Å². The first-order valence-corrected chi connectivity index (χ1v) is 8.06. The molecule has 0 aliphatic rings. The molecule has 0 aliphatic carbocycles. The van der Waals surface area contributed by atoms with E-state index in [1.165, 1.54) is 4.68 Å². The molecular formula is C18H16N4O3. The standard InChI is InChI=1S/C18H16N4O3/c1-12-7-8-13-14(11-12)19-20-22(17(13)23)10-4-9-21-15-5-2-3-6-16(15)25-18(21)24/h2-3,5-8,11H,4,9-10H2,1H3. The average Bonchev–Trinajstić information content (AvgIpc) is 2.92. The fourth-order valence-corrected chi connectivity index (χ4v) is 2.94. The lowest BCUT2D eigenvalue weighted by Gasteiger charge is -2.06. The Hall–Kier alpha value is -3.22. The van der Waals surface area contributed by atoms with Crippen LogP contribution in [0.4, 0.5) is 0 Å². The van der Waals surface area contributed by atoms with Gasteiger partial charge in [-0.15, -0.1) is 5.10 Å². The van der Waals surface area contributed by atoms with E-state index < -0.39 is 5.76 Å². The molecule has 0 radical (unpaired) electrons. The highest BCUT2D eigenvalue weighted by Crippen LogP contribution is 2.12. The summed E-state index contributed by atoms with van der Waals surface area (Å²) in [4.78, 5) is 24.4. The Bertz CT molecular complexity index is 1190.